The van der Waals surface area contributed by atoms with Gasteiger partial charge in [-0.25, -0.2) is 0 Å². The predicted octanol–water partition coefficient (Wildman–Crippen LogP) is 1.98. The summed E-state index contributed by atoms with van der Waals surface area (Å²) in [6, 6.07) is 5.73. The molecule has 2 atom stereocenters. The summed E-state index contributed by atoms with van der Waals surface area (Å²) in [4.78, 5) is 0. The predicted molar refractivity (Wildman–Crippen MR) is 62.5 cm³/mol. The van der Waals surface area contributed by atoms with Gasteiger partial charge in [-0.05, 0) is 53.6 Å². The Morgan fingerprint density at radius 3 is 2.54 bits per heavy atom. The lowest BCUT2D eigenvalue weighted by molar-refractivity contribution is 0.164. The quantitative estimate of drug-likeness (QED) is 0.818. The molecule has 1 aromatic rings. The summed E-state index contributed by atoms with van der Waals surface area (Å²) in [5, 5.41) is 9.31. The molecular weight excluding hydrogens is 277 g/mol. The lowest BCUT2D eigenvalue weighted by Crippen LogP contribution is -2.23. The van der Waals surface area contributed by atoms with Crippen molar-refractivity contribution in [2.24, 2.45) is 5.73 Å². The lowest BCUT2D eigenvalue weighted by atomic mass is 10.0. The molecule has 0 spiro atoms. The summed E-state index contributed by atoms with van der Waals surface area (Å²) in [5.41, 5.74) is 8.00. The van der Waals surface area contributed by atoms with Crippen molar-refractivity contribution < 1.29 is 5.11 Å². The highest BCUT2D eigenvalue weighted by Crippen LogP contribution is 2.19. The van der Waals surface area contributed by atoms with Gasteiger partial charge in [-0.15, -0.1) is 0 Å². The molecule has 0 aromatic heterocycles. The molecule has 72 valence electrons. The van der Waals surface area contributed by atoms with Crippen molar-refractivity contribution in [1.29, 1.82) is 0 Å². The minimum absolute atomic E-state index is 0.282. The second-order valence-corrected chi connectivity index (χ2v) is 4.44. The Balaban J connectivity index is 2.97. The minimum atomic E-state index is -0.500. The number of hydrogen-bond donors (Lipinski definition) is 2. The molecule has 2 nitrogen and oxygen atoms in total. The van der Waals surface area contributed by atoms with E-state index in [1.54, 1.807) is 6.92 Å². The summed E-state index contributed by atoms with van der Waals surface area (Å²) in [6.07, 6.45) is -0.500. The molecule has 0 heterocycles. The van der Waals surface area contributed by atoms with E-state index in [2.05, 4.69) is 22.6 Å². The van der Waals surface area contributed by atoms with E-state index in [0.717, 1.165) is 5.56 Å². The van der Waals surface area contributed by atoms with E-state index in [4.69, 9.17) is 5.73 Å². The number of nitrogens with two attached hydrogens (primary N) is 1. The third-order valence-electron chi connectivity index (χ3n) is 2.09. The fourth-order valence-electron chi connectivity index (χ4n) is 1.15. The zero-order valence-electron chi connectivity index (χ0n) is 7.79. The topological polar surface area (TPSA) is 46.2 Å². The number of aryl methyl sites for hydroxylation is 1. The number of aliphatic hydroxyl groups is 1. The van der Waals surface area contributed by atoms with Crippen LogP contribution in [0.1, 0.15) is 24.1 Å². The van der Waals surface area contributed by atoms with Crippen LogP contribution in [0.25, 0.3) is 0 Å². The summed E-state index contributed by atoms with van der Waals surface area (Å²) in [5.74, 6) is 0. The SMILES string of the molecule is Cc1cc([C@H](N)C(C)O)ccc1I. The summed E-state index contributed by atoms with van der Waals surface area (Å²) in [6.45, 7) is 3.75. The standard InChI is InChI=1S/C10H14INO/c1-6-5-8(3-4-9(6)11)10(12)7(2)13/h3-5,7,10,13H,12H2,1-2H3/t7?,10-/m1/s1. The maximum Gasteiger partial charge on any atom is 0.0704 e. The van der Waals surface area contributed by atoms with Gasteiger partial charge < -0.3 is 10.8 Å². The van der Waals surface area contributed by atoms with Gasteiger partial charge in [0.25, 0.3) is 0 Å². The molecule has 0 radical (unpaired) electrons. The van der Waals surface area contributed by atoms with Gasteiger partial charge in [-0.2, -0.15) is 0 Å². The van der Waals surface area contributed by atoms with Crippen molar-refractivity contribution in [3.8, 4) is 0 Å². The van der Waals surface area contributed by atoms with Gasteiger partial charge in [-0.3, -0.25) is 0 Å². The van der Waals surface area contributed by atoms with Crippen molar-refractivity contribution in [1.82, 2.24) is 0 Å². The average molecular weight is 291 g/mol. The van der Waals surface area contributed by atoms with Crippen molar-refractivity contribution in [2.75, 3.05) is 0 Å². The number of aliphatic hydroxyl groups excluding tert-OH is 1. The molecule has 1 unspecified atom stereocenters. The molecule has 0 aliphatic carbocycles. The van der Waals surface area contributed by atoms with E-state index in [9.17, 15) is 5.11 Å². The Morgan fingerprint density at radius 2 is 2.08 bits per heavy atom. The van der Waals surface area contributed by atoms with Crippen LogP contribution in [0.2, 0.25) is 0 Å². The van der Waals surface area contributed by atoms with Crippen LogP contribution in [0, 0.1) is 10.5 Å². The highest BCUT2D eigenvalue weighted by Gasteiger charge is 2.12. The Kier molecular flexibility index (Phi) is 3.70. The van der Waals surface area contributed by atoms with Gasteiger partial charge in [-0.1, -0.05) is 12.1 Å². The summed E-state index contributed by atoms with van der Waals surface area (Å²) >= 11 is 2.28. The van der Waals surface area contributed by atoms with E-state index in [-0.39, 0.29) is 6.04 Å². The third kappa shape index (κ3) is 2.65. The van der Waals surface area contributed by atoms with Crippen LogP contribution in [-0.4, -0.2) is 11.2 Å². The zero-order chi connectivity index (χ0) is 10.0. The Bertz CT molecular complexity index is 299. The average Bonchev–Trinajstić information content (AvgIpc) is 2.08. The first-order valence-corrected chi connectivity index (χ1v) is 5.30. The van der Waals surface area contributed by atoms with Gasteiger partial charge in [0.1, 0.15) is 0 Å². The van der Waals surface area contributed by atoms with E-state index in [1.807, 2.05) is 25.1 Å². The van der Waals surface area contributed by atoms with Crippen LogP contribution in [0.5, 0.6) is 0 Å². The number of benzene rings is 1. The van der Waals surface area contributed by atoms with Crippen LogP contribution in [0.3, 0.4) is 0 Å². The van der Waals surface area contributed by atoms with Crippen LogP contribution >= 0.6 is 22.6 Å². The molecule has 0 saturated heterocycles. The Morgan fingerprint density at radius 1 is 1.46 bits per heavy atom. The van der Waals surface area contributed by atoms with Gasteiger partial charge in [0.15, 0.2) is 0 Å². The number of hydrogen-bond acceptors (Lipinski definition) is 2. The molecule has 3 heteroatoms. The smallest absolute Gasteiger partial charge is 0.0704 e. The molecule has 1 aromatic carbocycles. The first kappa shape index (κ1) is 10.9. The molecule has 0 saturated carbocycles. The van der Waals surface area contributed by atoms with Crippen LogP contribution in [0.15, 0.2) is 18.2 Å². The molecular formula is C10H14INO. The third-order valence-corrected chi connectivity index (χ3v) is 3.30. The fraction of sp³-hybridized carbons (Fsp3) is 0.400. The largest absolute Gasteiger partial charge is 0.391 e. The highest BCUT2D eigenvalue weighted by atomic mass is 127. The Labute approximate surface area is 92.3 Å². The minimum Gasteiger partial charge on any atom is -0.391 e. The Hall–Kier alpha value is -0.130. The highest BCUT2D eigenvalue weighted by molar-refractivity contribution is 14.1. The van der Waals surface area contributed by atoms with Crippen molar-refractivity contribution in [3.05, 3.63) is 32.9 Å². The zero-order valence-corrected chi connectivity index (χ0v) is 9.95. The maximum atomic E-state index is 9.31. The van der Waals surface area contributed by atoms with Gasteiger partial charge in [0.05, 0.1) is 12.1 Å². The first-order valence-electron chi connectivity index (χ1n) is 4.22. The number of halogens is 1. The summed E-state index contributed by atoms with van der Waals surface area (Å²) in [7, 11) is 0. The van der Waals surface area contributed by atoms with E-state index in [1.165, 1.54) is 9.13 Å². The normalized spacial score (nSPS) is 15.5. The molecule has 0 amide bonds. The summed E-state index contributed by atoms with van der Waals surface area (Å²) < 4.78 is 1.22. The molecule has 1 rings (SSSR count). The van der Waals surface area contributed by atoms with Crippen LogP contribution in [0.4, 0.5) is 0 Å². The molecule has 0 bridgehead atoms. The first-order chi connectivity index (χ1) is 6.02. The maximum absolute atomic E-state index is 9.31. The van der Waals surface area contributed by atoms with Gasteiger partial charge in [0.2, 0.25) is 0 Å². The van der Waals surface area contributed by atoms with Gasteiger partial charge >= 0.3 is 0 Å². The van der Waals surface area contributed by atoms with Crippen molar-refractivity contribution >= 4 is 22.6 Å². The second kappa shape index (κ2) is 4.39. The molecule has 0 aliphatic rings. The van der Waals surface area contributed by atoms with Crippen LogP contribution < -0.4 is 5.73 Å². The van der Waals surface area contributed by atoms with Gasteiger partial charge in [0, 0.05) is 3.57 Å². The van der Waals surface area contributed by atoms with E-state index >= 15 is 0 Å². The molecule has 0 fully saturated rings. The number of rotatable bonds is 2. The molecule has 0 aliphatic heterocycles. The fourth-order valence-corrected chi connectivity index (χ4v) is 1.49. The van der Waals surface area contributed by atoms with Crippen molar-refractivity contribution in [3.63, 3.8) is 0 Å². The second-order valence-electron chi connectivity index (χ2n) is 3.28. The van der Waals surface area contributed by atoms with E-state index in [0.29, 0.717) is 0 Å². The molecule has 13 heavy (non-hydrogen) atoms. The van der Waals surface area contributed by atoms with Crippen molar-refractivity contribution in [2.45, 2.75) is 26.0 Å². The van der Waals surface area contributed by atoms with E-state index < -0.39 is 6.10 Å². The monoisotopic (exact) mass is 291 g/mol. The molecule has 3 N–H and O–H groups in total. The lowest BCUT2D eigenvalue weighted by Gasteiger charge is -2.15. The van der Waals surface area contributed by atoms with Crippen LogP contribution in [-0.2, 0) is 0 Å².